The fourth-order valence-corrected chi connectivity index (χ4v) is 2.02. The van der Waals surface area contributed by atoms with Crippen molar-refractivity contribution < 1.29 is 4.74 Å². The molecule has 0 fully saturated rings. The molecule has 0 aliphatic rings. The summed E-state index contributed by atoms with van der Waals surface area (Å²) in [6.45, 7) is 4.90. The first-order chi connectivity index (χ1) is 7.15. The largest absolute Gasteiger partial charge is 0.494 e. The number of unbranched alkanes of at least 4 members (excludes halogenated alkanes) is 1. The van der Waals surface area contributed by atoms with Crippen molar-refractivity contribution >= 4 is 15.9 Å². The van der Waals surface area contributed by atoms with Crippen molar-refractivity contribution in [2.45, 2.75) is 32.7 Å². The molecule has 0 aliphatic carbocycles. The van der Waals surface area contributed by atoms with Crippen molar-refractivity contribution in [2.75, 3.05) is 6.61 Å². The molecule has 0 heterocycles. The fraction of sp³-hybridized carbons (Fsp3) is 0.500. The van der Waals surface area contributed by atoms with Crippen molar-refractivity contribution in [1.29, 1.82) is 0 Å². The van der Waals surface area contributed by atoms with Gasteiger partial charge in [-0.05, 0) is 31.0 Å². The van der Waals surface area contributed by atoms with Crippen molar-refractivity contribution in [3.8, 4) is 5.75 Å². The molecule has 1 unspecified atom stereocenters. The van der Waals surface area contributed by atoms with Crippen LogP contribution in [0.4, 0.5) is 0 Å². The van der Waals surface area contributed by atoms with Gasteiger partial charge in [0.25, 0.3) is 0 Å². The zero-order valence-electron chi connectivity index (χ0n) is 9.29. The highest BCUT2D eigenvalue weighted by Crippen LogP contribution is 2.26. The third-order valence-corrected chi connectivity index (χ3v) is 2.92. The van der Waals surface area contributed by atoms with Gasteiger partial charge in [0.1, 0.15) is 5.75 Å². The molecule has 0 saturated carbocycles. The first-order valence-electron chi connectivity index (χ1n) is 5.33. The quantitative estimate of drug-likeness (QED) is 0.830. The van der Waals surface area contributed by atoms with Gasteiger partial charge in [-0.15, -0.1) is 0 Å². The Labute approximate surface area is 99.9 Å². The summed E-state index contributed by atoms with van der Waals surface area (Å²) in [5.74, 6) is 0.903. The lowest BCUT2D eigenvalue weighted by Crippen LogP contribution is -2.06. The maximum Gasteiger partial charge on any atom is 0.120 e. The molecule has 0 aliphatic heterocycles. The number of rotatable bonds is 5. The van der Waals surface area contributed by atoms with Gasteiger partial charge in [-0.2, -0.15) is 0 Å². The first kappa shape index (κ1) is 12.5. The van der Waals surface area contributed by atoms with Crippen LogP contribution >= 0.6 is 15.9 Å². The molecule has 1 atom stereocenters. The smallest absolute Gasteiger partial charge is 0.120 e. The summed E-state index contributed by atoms with van der Waals surface area (Å²) in [7, 11) is 0. The van der Waals surface area contributed by atoms with Crippen LogP contribution in [0.3, 0.4) is 0 Å². The lowest BCUT2D eigenvalue weighted by Gasteiger charge is -2.11. The molecule has 0 bridgehead atoms. The Morgan fingerprint density at radius 3 is 2.73 bits per heavy atom. The maximum absolute atomic E-state index is 5.82. The molecule has 1 rings (SSSR count). The van der Waals surface area contributed by atoms with E-state index in [0.717, 1.165) is 35.2 Å². The first-order valence-corrected chi connectivity index (χ1v) is 6.12. The minimum absolute atomic E-state index is 0.0454. The number of hydrogen-bond donors (Lipinski definition) is 1. The number of halogens is 1. The zero-order valence-corrected chi connectivity index (χ0v) is 10.9. The van der Waals surface area contributed by atoms with E-state index in [-0.39, 0.29) is 6.04 Å². The standard InChI is InChI=1S/C12H18BrNO/c1-3-4-7-15-10-5-6-11(9(2)14)12(13)8-10/h5-6,8-9H,3-4,7,14H2,1-2H3. The van der Waals surface area contributed by atoms with Crippen molar-refractivity contribution in [3.05, 3.63) is 28.2 Å². The second-order valence-corrected chi connectivity index (χ2v) is 4.53. The molecule has 3 heteroatoms. The minimum atomic E-state index is 0.0454. The number of hydrogen-bond acceptors (Lipinski definition) is 2. The molecule has 2 N–H and O–H groups in total. The zero-order chi connectivity index (χ0) is 11.3. The van der Waals surface area contributed by atoms with E-state index >= 15 is 0 Å². The third-order valence-electron chi connectivity index (χ3n) is 2.23. The van der Waals surface area contributed by atoms with E-state index in [0.29, 0.717) is 0 Å². The van der Waals surface area contributed by atoms with Crippen LogP contribution in [-0.4, -0.2) is 6.61 Å². The fourth-order valence-electron chi connectivity index (χ4n) is 1.30. The summed E-state index contributed by atoms with van der Waals surface area (Å²) in [4.78, 5) is 0. The van der Waals surface area contributed by atoms with Gasteiger partial charge < -0.3 is 10.5 Å². The molecule has 0 spiro atoms. The van der Waals surface area contributed by atoms with Crippen molar-refractivity contribution in [3.63, 3.8) is 0 Å². The molecule has 1 aromatic rings. The molecule has 0 saturated heterocycles. The Balaban J connectivity index is 2.65. The lowest BCUT2D eigenvalue weighted by molar-refractivity contribution is 0.309. The predicted octanol–water partition coefficient (Wildman–Crippen LogP) is 3.65. The maximum atomic E-state index is 5.82. The molecular formula is C12H18BrNO. The molecule has 0 aromatic heterocycles. The molecular weight excluding hydrogens is 254 g/mol. The Kier molecular flexibility index (Phi) is 5.12. The van der Waals surface area contributed by atoms with Gasteiger partial charge in [-0.25, -0.2) is 0 Å². The Morgan fingerprint density at radius 1 is 1.47 bits per heavy atom. The summed E-state index contributed by atoms with van der Waals surface area (Å²) in [5, 5.41) is 0. The van der Waals surface area contributed by atoms with Gasteiger partial charge in [-0.1, -0.05) is 35.3 Å². The Bertz CT molecular complexity index is 312. The molecule has 2 nitrogen and oxygen atoms in total. The average Bonchev–Trinajstić information content (AvgIpc) is 2.17. The molecule has 84 valence electrons. The average molecular weight is 272 g/mol. The molecule has 15 heavy (non-hydrogen) atoms. The van der Waals surface area contributed by atoms with Crippen LogP contribution in [0.1, 0.15) is 38.3 Å². The second-order valence-electron chi connectivity index (χ2n) is 3.67. The van der Waals surface area contributed by atoms with E-state index in [1.54, 1.807) is 0 Å². The topological polar surface area (TPSA) is 35.2 Å². The van der Waals surface area contributed by atoms with Gasteiger partial charge >= 0.3 is 0 Å². The summed E-state index contributed by atoms with van der Waals surface area (Å²) in [6.07, 6.45) is 2.24. The van der Waals surface area contributed by atoms with Crippen molar-refractivity contribution in [1.82, 2.24) is 0 Å². The van der Waals surface area contributed by atoms with Crippen molar-refractivity contribution in [2.24, 2.45) is 5.73 Å². The van der Waals surface area contributed by atoms with Crippen LogP contribution in [0, 0.1) is 0 Å². The second kappa shape index (κ2) is 6.13. The highest BCUT2D eigenvalue weighted by atomic mass is 79.9. The van der Waals surface area contributed by atoms with Crippen LogP contribution in [0.5, 0.6) is 5.75 Å². The highest BCUT2D eigenvalue weighted by molar-refractivity contribution is 9.10. The number of benzene rings is 1. The van der Waals surface area contributed by atoms with Crippen LogP contribution in [0.25, 0.3) is 0 Å². The Hall–Kier alpha value is -0.540. The van der Waals surface area contributed by atoms with Gasteiger partial charge in [0.05, 0.1) is 6.61 Å². The normalized spacial score (nSPS) is 12.5. The van der Waals surface area contributed by atoms with Crippen LogP contribution in [-0.2, 0) is 0 Å². The summed E-state index contributed by atoms with van der Waals surface area (Å²) in [6, 6.07) is 6.01. The van der Waals surface area contributed by atoms with E-state index in [9.17, 15) is 0 Å². The summed E-state index contributed by atoms with van der Waals surface area (Å²) >= 11 is 3.50. The van der Waals surface area contributed by atoms with E-state index in [2.05, 4.69) is 22.9 Å². The lowest BCUT2D eigenvalue weighted by atomic mass is 10.1. The monoisotopic (exact) mass is 271 g/mol. The molecule has 0 radical (unpaired) electrons. The van der Waals surface area contributed by atoms with Gasteiger partial charge in [0.15, 0.2) is 0 Å². The Morgan fingerprint density at radius 2 is 2.20 bits per heavy atom. The molecule has 0 amide bonds. The number of ether oxygens (including phenoxy) is 1. The summed E-state index contributed by atoms with van der Waals surface area (Å²) < 4.78 is 6.61. The SMILES string of the molecule is CCCCOc1ccc(C(C)N)c(Br)c1. The van der Waals surface area contributed by atoms with Gasteiger partial charge in [-0.3, -0.25) is 0 Å². The van der Waals surface area contributed by atoms with E-state index < -0.39 is 0 Å². The van der Waals surface area contributed by atoms with Crippen LogP contribution in [0.2, 0.25) is 0 Å². The third kappa shape index (κ3) is 3.84. The highest BCUT2D eigenvalue weighted by Gasteiger charge is 2.05. The van der Waals surface area contributed by atoms with E-state index in [1.807, 2.05) is 25.1 Å². The van der Waals surface area contributed by atoms with Crippen LogP contribution < -0.4 is 10.5 Å². The number of nitrogens with two attached hydrogens (primary N) is 1. The molecule has 1 aromatic carbocycles. The van der Waals surface area contributed by atoms with Crippen LogP contribution in [0.15, 0.2) is 22.7 Å². The predicted molar refractivity (Wildman–Crippen MR) is 67.1 cm³/mol. The van der Waals surface area contributed by atoms with E-state index in [1.165, 1.54) is 0 Å². The van der Waals surface area contributed by atoms with E-state index in [4.69, 9.17) is 10.5 Å². The van der Waals surface area contributed by atoms with Gasteiger partial charge in [0.2, 0.25) is 0 Å². The van der Waals surface area contributed by atoms with Gasteiger partial charge in [0, 0.05) is 10.5 Å². The summed E-state index contributed by atoms with van der Waals surface area (Å²) in [5.41, 5.74) is 6.92. The minimum Gasteiger partial charge on any atom is -0.494 e.